The molecule has 0 radical (unpaired) electrons. The number of hydrogen-bond donors (Lipinski definition) is 0. The van der Waals surface area contributed by atoms with Crippen LogP contribution in [0.5, 0.6) is 0 Å². The maximum Gasteiger partial charge on any atom is 0.314 e. The van der Waals surface area contributed by atoms with Crippen LogP contribution in [0.1, 0.15) is 19.8 Å². The van der Waals surface area contributed by atoms with Crippen molar-refractivity contribution in [1.29, 1.82) is 0 Å². The Morgan fingerprint density at radius 1 is 1.46 bits per heavy atom. The lowest BCUT2D eigenvalue weighted by Crippen LogP contribution is -2.31. The zero-order valence-electron chi connectivity index (χ0n) is 7.24. The second-order valence-corrected chi connectivity index (χ2v) is 2.70. The van der Waals surface area contributed by atoms with E-state index in [1.807, 2.05) is 0 Å². The largest absolute Gasteiger partial charge is 0.466 e. The first kappa shape index (κ1) is 9.70. The van der Waals surface area contributed by atoms with Crippen LogP contribution in [0.4, 0.5) is 0 Å². The molecular formula is C8H10O5. The van der Waals surface area contributed by atoms with Gasteiger partial charge < -0.3 is 9.47 Å². The van der Waals surface area contributed by atoms with Crippen molar-refractivity contribution in [2.75, 3.05) is 6.61 Å². The highest BCUT2D eigenvalue weighted by Gasteiger charge is 2.32. The van der Waals surface area contributed by atoms with E-state index in [9.17, 15) is 14.4 Å². The van der Waals surface area contributed by atoms with Crippen LogP contribution in [0.2, 0.25) is 0 Å². The smallest absolute Gasteiger partial charge is 0.314 e. The van der Waals surface area contributed by atoms with E-state index in [-0.39, 0.29) is 19.4 Å². The highest BCUT2D eigenvalue weighted by Crippen LogP contribution is 2.18. The third-order valence-electron chi connectivity index (χ3n) is 1.67. The van der Waals surface area contributed by atoms with E-state index in [2.05, 4.69) is 9.47 Å². The summed E-state index contributed by atoms with van der Waals surface area (Å²) in [7, 11) is 0. The van der Waals surface area contributed by atoms with Crippen LogP contribution in [0.3, 0.4) is 0 Å². The van der Waals surface area contributed by atoms with Gasteiger partial charge in [-0.15, -0.1) is 0 Å². The minimum atomic E-state index is -0.659. The molecule has 0 bridgehead atoms. The van der Waals surface area contributed by atoms with Crippen molar-refractivity contribution in [3.05, 3.63) is 0 Å². The minimum absolute atomic E-state index is 0.0649. The van der Waals surface area contributed by atoms with E-state index in [0.29, 0.717) is 0 Å². The molecule has 0 atom stereocenters. The van der Waals surface area contributed by atoms with Gasteiger partial charge in [0.15, 0.2) is 0 Å². The van der Waals surface area contributed by atoms with Gasteiger partial charge in [0.1, 0.15) is 0 Å². The molecule has 1 rings (SSSR count). The van der Waals surface area contributed by atoms with Crippen molar-refractivity contribution >= 4 is 17.9 Å². The molecule has 0 aromatic rings. The molecule has 1 heterocycles. The maximum atomic E-state index is 11.1. The van der Waals surface area contributed by atoms with Crippen LogP contribution in [-0.4, -0.2) is 24.5 Å². The molecule has 0 saturated carbocycles. The summed E-state index contributed by atoms with van der Waals surface area (Å²) in [5.74, 6) is -2.48. The molecular weight excluding hydrogens is 176 g/mol. The van der Waals surface area contributed by atoms with Gasteiger partial charge in [0, 0.05) is 0 Å². The van der Waals surface area contributed by atoms with Gasteiger partial charge in [0.05, 0.1) is 25.4 Å². The highest BCUT2D eigenvalue weighted by atomic mass is 16.6. The summed E-state index contributed by atoms with van der Waals surface area (Å²) in [6.07, 6.45) is -0.130. The molecule has 0 N–H and O–H groups in total. The molecule has 72 valence electrons. The molecule has 5 nitrogen and oxygen atoms in total. The average molecular weight is 186 g/mol. The summed E-state index contributed by atoms with van der Waals surface area (Å²) in [5.41, 5.74) is 0. The first-order valence-electron chi connectivity index (χ1n) is 4.03. The van der Waals surface area contributed by atoms with Crippen LogP contribution in [-0.2, 0) is 23.9 Å². The Balaban J connectivity index is 2.54. The summed E-state index contributed by atoms with van der Waals surface area (Å²) in [6.45, 7) is 1.92. The lowest BCUT2D eigenvalue weighted by Gasteiger charge is -2.17. The van der Waals surface area contributed by atoms with Crippen LogP contribution in [0.15, 0.2) is 0 Å². The molecule has 13 heavy (non-hydrogen) atoms. The van der Waals surface area contributed by atoms with E-state index in [4.69, 9.17) is 0 Å². The van der Waals surface area contributed by atoms with Gasteiger partial charge in [0.25, 0.3) is 0 Å². The summed E-state index contributed by atoms with van der Waals surface area (Å²) < 4.78 is 8.94. The Bertz CT molecular complexity index is 229. The van der Waals surface area contributed by atoms with E-state index < -0.39 is 23.8 Å². The van der Waals surface area contributed by atoms with Gasteiger partial charge >= 0.3 is 17.9 Å². The molecule has 5 heteroatoms. The maximum absolute atomic E-state index is 11.1. The third-order valence-corrected chi connectivity index (χ3v) is 1.67. The molecule has 0 amide bonds. The molecule has 0 aliphatic carbocycles. The molecule has 1 aliphatic rings. The highest BCUT2D eigenvalue weighted by molar-refractivity contribution is 5.93. The van der Waals surface area contributed by atoms with Gasteiger partial charge in [0.2, 0.25) is 0 Å². The molecule has 1 saturated heterocycles. The molecule has 1 fully saturated rings. The lowest BCUT2D eigenvalue weighted by molar-refractivity contribution is -0.171. The summed E-state index contributed by atoms with van der Waals surface area (Å²) in [6, 6.07) is 0. The topological polar surface area (TPSA) is 69.7 Å². The number of cyclic esters (lactones) is 2. The van der Waals surface area contributed by atoms with Crippen LogP contribution in [0, 0.1) is 5.92 Å². The Morgan fingerprint density at radius 3 is 2.46 bits per heavy atom. The van der Waals surface area contributed by atoms with Crippen LogP contribution in [0.25, 0.3) is 0 Å². The average Bonchev–Trinajstić information content (AvgIpc) is 2.03. The van der Waals surface area contributed by atoms with Crippen molar-refractivity contribution in [2.45, 2.75) is 19.8 Å². The van der Waals surface area contributed by atoms with E-state index >= 15 is 0 Å². The second-order valence-electron chi connectivity index (χ2n) is 2.70. The van der Waals surface area contributed by atoms with Crippen LogP contribution < -0.4 is 0 Å². The molecule has 0 aromatic carbocycles. The SMILES string of the molecule is CCOC(=O)C1CC(=O)OC(=O)C1. The van der Waals surface area contributed by atoms with E-state index in [0.717, 1.165) is 0 Å². The number of ether oxygens (including phenoxy) is 2. The zero-order valence-corrected chi connectivity index (χ0v) is 7.24. The molecule has 0 aromatic heterocycles. The fraction of sp³-hybridized carbons (Fsp3) is 0.625. The fourth-order valence-electron chi connectivity index (χ4n) is 1.11. The first-order valence-corrected chi connectivity index (χ1v) is 4.03. The van der Waals surface area contributed by atoms with E-state index in [1.54, 1.807) is 6.92 Å². The molecule has 0 unspecified atom stereocenters. The lowest BCUT2D eigenvalue weighted by atomic mass is 10.00. The first-order chi connectivity index (χ1) is 6.13. The van der Waals surface area contributed by atoms with Crippen LogP contribution >= 0.6 is 0 Å². The van der Waals surface area contributed by atoms with Crippen molar-refractivity contribution in [3.63, 3.8) is 0 Å². The Labute approximate surface area is 75.0 Å². The van der Waals surface area contributed by atoms with Crippen molar-refractivity contribution in [2.24, 2.45) is 5.92 Å². The van der Waals surface area contributed by atoms with E-state index in [1.165, 1.54) is 0 Å². The predicted octanol–water partition coefficient (Wildman–Crippen LogP) is 0.0293. The van der Waals surface area contributed by atoms with Crippen molar-refractivity contribution in [1.82, 2.24) is 0 Å². The number of carbonyl (C=O) groups excluding carboxylic acids is 3. The monoisotopic (exact) mass is 186 g/mol. The second kappa shape index (κ2) is 4.02. The summed E-state index contributed by atoms with van der Waals surface area (Å²) >= 11 is 0. The number of carbonyl (C=O) groups is 3. The number of esters is 3. The number of rotatable bonds is 2. The molecule has 1 aliphatic heterocycles. The normalized spacial score (nSPS) is 18.2. The third kappa shape index (κ3) is 2.54. The Hall–Kier alpha value is -1.39. The van der Waals surface area contributed by atoms with Gasteiger partial charge in [-0.25, -0.2) is 0 Å². The predicted molar refractivity (Wildman–Crippen MR) is 40.5 cm³/mol. The number of hydrogen-bond acceptors (Lipinski definition) is 5. The minimum Gasteiger partial charge on any atom is -0.466 e. The zero-order chi connectivity index (χ0) is 9.84. The van der Waals surface area contributed by atoms with Gasteiger partial charge in [-0.1, -0.05) is 0 Å². The van der Waals surface area contributed by atoms with Crippen molar-refractivity contribution in [3.8, 4) is 0 Å². The molecule has 0 spiro atoms. The van der Waals surface area contributed by atoms with Gasteiger partial charge in [-0.05, 0) is 6.92 Å². The van der Waals surface area contributed by atoms with Gasteiger partial charge in [-0.2, -0.15) is 0 Å². The standard InChI is InChI=1S/C8H10O5/c1-2-12-8(11)5-3-6(9)13-7(10)4-5/h5H,2-4H2,1H3. The Kier molecular flexibility index (Phi) is 3.00. The quantitative estimate of drug-likeness (QED) is 0.449. The summed E-state index contributed by atoms with van der Waals surface area (Å²) in [4.78, 5) is 32.6. The van der Waals surface area contributed by atoms with Gasteiger partial charge in [-0.3, -0.25) is 14.4 Å². The Morgan fingerprint density at radius 2 is 2.00 bits per heavy atom. The van der Waals surface area contributed by atoms with Crippen molar-refractivity contribution < 1.29 is 23.9 Å². The fourth-order valence-corrected chi connectivity index (χ4v) is 1.11. The summed E-state index contributed by atoms with van der Waals surface area (Å²) in [5, 5.41) is 0.